The van der Waals surface area contributed by atoms with Gasteiger partial charge in [-0.05, 0) is 82.7 Å². The van der Waals surface area contributed by atoms with Crippen LogP contribution < -0.4 is 4.90 Å². The number of furan rings is 1. The molecule has 0 saturated carbocycles. The fourth-order valence-corrected chi connectivity index (χ4v) is 6.95. The lowest BCUT2D eigenvalue weighted by atomic mass is 9.88. The standard InChI is InChI=1S/C42H31NO3/c1-26(44)41(27(2)45-3)37-24-35-31-18-9-10-19-32(31)39(25-36(35)29-16-7-8-17-30(29)37)43(28-14-5-4-6-15-28)38-22-13-21-34-33-20-11-12-23-40(33)46-42(34)38/h4-25H,1-3H3/b41-27+. The summed E-state index contributed by atoms with van der Waals surface area (Å²) in [7, 11) is 1.61. The Bertz CT molecular complexity index is 2510. The molecule has 0 spiro atoms. The Morgan fingerprint density at radius 1 is 0.565 bits per heavy atom. The third kappa shape index (κ3) is 4.26. The molecule has 0 aliphatic carbocycles. The number of carbonyl (C=O) groups excluding carboxylic acids is 1. The van der Waals surface area contributed by atoms with Crippen LogP contribution in [0.4, 0.5) is 17.1 Å². The zero-order valence-electron chi connectivity index (χ0n) is 25.9. The van der Waals surface area contributed by atoms with Gasteiger partial charge in [0.2, 0.25) is 0 Å². The van der Waals surface area contributed by atoms with E-state index in [0.29, 0.717) is 11.3 Å². The third-order valence-corrected chi connectivity index (χ3v) is 9.02. The van der Waals surface area contributed by atoms with Crippen molar-refractivity contribution in [3.8, 4) is 0 Å². The Kier molecular flexibility index (Phi) is 6.58. The Hall–Kier alpha value is -5.87. The van der Waals surface area contributed by atoms with Gasteiger partial charge in [0.15, 0.2) is 11.4 Å². The SMILES string of the molecule is CO/C(C)=C(\C(C)=O)c1cc2c3ccccc3c(N(c3ccccc3)c3cccc4c3oc3ccccc34)cc2c2ccccc12. The summed E-state index contributed by atoms with van der Waals surface area (Å²) >= 11 is 0. The van der Waals surface area contributed by atoms with Crippen LogP contribution >= 0.6 is 0 Å². The maximum absolute atomic E-state index is 13.1. The number of ether oxygens (including phenoxy) is 1. The summed E-state index contributed by atoms with van der Waals surface area (Å²) in [5.74, 6) is 0.575. The first-order valence-corrected chi connectivity index (χ1v) is 15.4. The van der Waals surface area contributed by atoms with Gasteiger partial charge in [0, 0.05) is 21.8 Å². The number of ketones is 1. The van der Waals surface area contributed by atoms with E-state index in [0.717, 1.165) is 76.9 Å². The minimum Gasteiger partial charge on any atom is -0.501 e. The molecule has 0 aliphatic rings. The predicted molar refractivity (Wildman–Crippen MR) is 191 cm³/mol. The molecular formula is C42H31NO3. The number of carbonyl (C=O) groups is 1. The van der Waals surface area contributed by atoms with Crippen molar-refractivity contribution in [2.24, 2.45) is 0 Å². The molecule has 0 fully saturated rings. The van der Waals surface area contributed by atoms with Crippen LogP contribution in [0.3, 0.4) is 0 Å². The molecule has 4 nitrogen and oxygen atoms in total. The first-order valence-electron chi connectivity index (χ1n) is 15.4. The van der Waals surface area contributed by atoms with Crippen LogP contribution in [0.5, 0.6) is 0 Å². The van der Waals surface area contributed by atoms with Gasteiger partial charge < -0.3 is 14.1 Å². The van der Waals surface area contributed by atoms with E-state index in [2.05, 4.69) is 114 Å². The smallest absolute Gasteiger partial charge is 0.163 e. The molecule has 8 aromatic rings. The van der Waals surface area contributed by atoms with Crippen LogP contribution in [0.15, 0.2) is 144 Å². The molecule has 1 heterocycles. The van der Waals surface area contributed by atoms with Crippen LogP contribution in [0, 0.1) is 0 Å². The highest BCUT2D eigenvalue weighted by molar-refractivity contribution is 6.29. The van der Waals surface area contributed by atoms with Crippen molar-refractivity contribution in [2.75, 3.05) is 12.0 Å². The van der Waals surface area contributed by atoms with Gasteiger partial charge in [0.05, 0.1) is 24.1 Å². The zero-order valence-corrected chi connectivity index (χ0v) is 25.9. The Balaban J connectivity index is 1.52. The second-order valence-corrected chi connectivity index (χ2v) is 11.6. The largest absolute Gasteiger partial charge is 0.501 e. The first-order chi connectivity index (χ1) is 22.5. The number of rotatable bonds is 6. The first kappa shape index (κ1) is 27.7. The lowest BCUT2D eigenvalue weighted by Gasteiger charge is -2.28. The summed E-state index contributed by atoms with van der Waals surface area (Å²) in [4.78, 5) is 15.4. The Labute approximate surface area is 266 Å². The lowest BCUT2D eigenvalue weighted by molar-refractivity contribution is -0.111. The molecule has 7 aromatic carbocycles. The highest BCUT2D eigenvalue weighted by atomic mass is 16.5. The highest BCUT2D eigenvalue weighted by Crippen LogP contribution is 2.47. The van der Waals surface area contributed by atoms with Crippen LogP contribution in [-0.4, -0.2) is 12.9 Å². The number of fused-ring (bicyclic) bond motifs is 8. The number of hydrogen-bond acceptors (Lipinski definition) is 4. The molecule has 46 heavy (non-hydrogen) atoms. The number of allylic oxidation sites excluding steroid dienone is 2. The van der Waals surface area contributed by atoms with E-state index in [9.17, 15) is 4.79 Å². The van der Waals surface area contributed by atoms with Crippen molar-refractivity contribution in [2.45, 2.75) is 13.8 Å². The molecule has 4 heteroatoms. The van der Waals surface area contributed by atoms with E-state index in [1.165, 1.54) is 0 Å². The van der Waals surface area contributed by atoms with E-state index in [1.807, 2.05) is 31.2 Å². The molecule has 0 unspecified atom stereocenters. The van der Waals surface area contributed by atoms with Crippen molar-refractivity contribution < 1.29 is 13.9 Å². The summed E-state index contributed by atoms with van der Waals surface area (Å²) in [6, 6.07) is 46.3. The topological polar surface area (TPSA) is 42.7 Å². The normalized spacial score (nSPS) is 12.2. The van der Waals surface area contributed by atoms with Crippen molar-refractivity contribution >= 4 is 82.7 Å². The molecule has 8 rings (SSSR count). The summed E-state index contributed by atoms with van der Waals surface area (Å²) in [5.41, 5.74) is 6.19. The third-order valence-electron chi connectivity index (χ3n) is 9.02. The molecule has 0 aliphatic heterocycles. The quantitative estimate of drug-likeness (QED) is 0.109. The number of hydrogen-bond donors (Lipinski definition) is 0. The summed E-state index contributed by atoms with van der Waals surface area (Å²) in [6.45, 7) is 3.46. The second kappa shape index (κ2) is 10.9. The van der Waals surface area contributed by atoms with Gasteiger partial charge in [-0.3, -0.25) is 4.79 Å². The van der Waals surface area contributed by atoms with E-state index in [-0.39, 0.29) is 5.78 Å². The van der Waals surface area contributed by atoms with Crippen molar-refractivity contribution in [1.29, 1.82) is 0 Å². The molecule has 0 bridgehead atoms. The minimum atomic E-state index is -0.0287. The minimum absolute atomic E-state index is 0.0287. The molecule has 0 N–H and O–H groups in total. The number of Topliss-reactive ketones (excluding diaryl/α,β-unsaturated/α-hetero) is 1. The fraction of sp³-hybridized carbons (Fsp3) is 0.0714. The summed E-state index contributed by atoms with van der Waals surface area (Å²) in [5, 5.41) is 8.60. The average Bonchev–Trinajstić information content (AvgIpc) is 3.48. The monoisotopic (exact) mass is 597 g/mol. The molecule has 0 saturated heterocycles. The molecule has 222 valence electrons. The summed E-state index contributed by atoms with van der Waals surface area (Å²) in [6.07, 6.45) is 0. The number of nitrogens with zero attached hydrogens (tertiary/aromatic N) is 1. The zero-order chi connectivity index (χ0) is 31.4. The Morgan fingerprint density at radius 2 is 1.15 bits per heavy atom. The van der Waals surface area contributed by atoms with Crippen molar-refractivity contribution in [1.82, 2.24) is 0 Å². The number of anilines is 3. The molecule has 0 amide bonds. The summed E-state index contributed by atoms with van der Waals surface area (Å²) < 4.78 is 12.2. The van der Waals surface area contributed by atoms with Gasteiger partial charge in [-0.2, -0.15) is 0 Å². The Morgan fingerprint density at radius 3 is 1.87 bits per heavy atom. The van der Waals surface area contributed by atoms with Crippen LogP contribution in [0.2, 0.25) is 0 Å². The average molecular weight is 598 g/mol. The molecular weight excluding hydrogens is 566 g/mol. The van der Waals surface area contributed by atoms with Gasteiger partial charge >= 0.3 is 0 Å². The maximum Gasteiger partial charge on any atom is 0.163 e. The maximum atomic E-state index is 13.1. The number of para-hydroxylation sites is 3. The fourth-order valence-electron chi connectivity index (χ4n) is 6.95. The highest BCUT2D eigenvalue weighted by Gasteiger charge is 2.24. The second-order valence-electron chi connectivity index (χ2n) is 11.6. The van der Waals surface area contributed by atoms with Gasteiger partial charge in [-0.1, -0.05) is 97.1 Å². The molecule has 0 atom stereocenters. The van der Waals surface area contributed by atoms with Crippen LogP contribution in [0.1, 0.15) is 19.4 Å². The number of benzene rings is 7. The van der Waals surface area contributed by atoms with Gasteiger partial charge in [-0.15, -0.1) is 0 Å². The van der Waals surface area contributed by atoms with E-state index < -0.39 is 0 Å². The molecule has 0 radical (unpaired) electrons. The van der Waals surface area contributed by atoms with Gasteiger partial charge in [0.1, 0.15) is 11.3 Å². The number of methoxy groups -OCH3 is 1. The van der Waals surface area contributed by atoms with Gasteiger partial charge in [-0.25, -0.2) is 0 Å². The predicted octanol–water partition coefficient (Wildman–Crippen LogP) is 11.5. The van der Waals surface area contributed by atoms with Crippen molar-refractivity contribution in [3.63, 3.8) is 0 Å². The van der Waals surface area contributed by atoms with E-state index in [1.54, 1.807) is 14.0 Å². The lowest BCUT2D eigenvalue weighted by Crippen LogP contribution is -2.11. The van der Waals surface area contributed by atoms with E-state index in [4.69, 9.17) is 9.15 Å². The van der Waals surface area contributed by atoms with Crippen molar-refractivity contribution in [3.05, 3.63) is 145 Å². The van der Waals surface area contributed by atoms with E-state index >= 15 is 0 Å². The van der Waals surface area contributed by atoms with Crippen LogP contribution in [0.25, 0.3) is 59.8 Å². The van der Waals surface area contributed by atoms with Crippen LogP contribution in [-0.2, 0) is 9.53 Å². The van der Waals surface area contributed by atoms with Gasteiger partial charge in [0.25, 0.3) is 0 Å². The molecule has 1 aromatic heterocycles.